The number of anilines is 3. The Labute approximate surface area is 242 Å². The standard InChI is InChI=1S/C21H16ClF3N4O.C6H15N.CH3NO2/c22-17-11-14(29-20-16-6-1-2-9-26-19(16)27-12-28-20)7-8-18(17)30-15-5-3-4-13(10-15)21(23,24)25;1-4-7(5-2)6-3;2-1(3)4/h1,3-8,10-12H,2,9H2,(H2,26,27,28,29);4-6H2,1-3H3;2H2,(H,3,4). The van der Waals surface area contributed by atoms with E-state index in [-0.39, 0.29) is 16.5 Å². The van der Waals surface area contributed by atoms with E-state index in [0.717, 1.165) is 36.5 Å². The zero-order valence-electron chi connectivity index (χ0n) is 23.0. The van der Waals surface area contributed by atoms with E-state index in [0.29, 0.717) is 11.5 Å². The molecule has 0 spiro atoms. The van der Waals surface area contributed by atoms with Gasteiger partial charge in [0.1, 0.15) is 29.5 Å². The summed E-state index contributed by atoms with van der Waals surface area (Å²) in [6.07, 6.45) is 0.538. The number of primary amides is 1. The van der Waals surface area contributed by atoms with Crippen LogP contribution in [0.2, 0.25) is 5.02 Å². The molecule has 13 heteroatoms. The number of nitrogens with two attached hydrogens (primary N) is 1. The Morgan fingerprint density at radius 1 is 1.15 bits per heavy atom. The number of rotatable bonds is 7. The summed E-state index contributed by atoms with van der Waals surface area (Å²) in [7, 11) is 0. The lowest BCUT2D eigenvalue weighted by molar-refractivity contribution is -0.137. The molecule has 2 aromatic carbocycles. The summed E-state index contributed by atoms with van der Waals surface area (Å²) in [5.74, 6) is 1.62. The fraction of sp³-hybridized carbons (Fsp3) is 0.321. The smallest absolute Gasteiger partial charge is 0.416 e. The van der Waals surface area contributed by atoms with Crippen LogP contribution < -0.4 is 21.1 Å². The lowest BCUT2D eigenvalue weighted by Crippen LogP contribution is -2.21. The molecule has 0 bridgehead atoms. The van der Waals surface area contributed by atoms with E-state index < -0.39 is 17.8 Å². The van der Waals surface area contributed by atoms with E-state index in [9.17, 15) is 13.2 Å². The van der Waals surface area contributed by atoms with Crippen molar-refractivity contribution in [2.45, 2.75) is 33.4 Å². The first-order chi connectivity index (χ1) is 19.5. The first kappa shape index (κ1) is 33.2. The van der Waals surface area contributed by atoms with Crippen molar-refractivity contribution in [2.24, 2.45) is 5.73 Å². The number of nitrogens with one attached hydrogen (secondary N) is 2. The molecule has 0 fully saturated rings. The van der Waals surface area contributed by atoms with E-state index in [1.807, 2.05) is 12.2 Å². The molecule has 1 aromatic heterocycles. The van der Waals surface area contributed by atoms with Crippen LogP contribution in [0, 0.1) is 0 Å². The van der Waals surface area contributed by atoms with Gasteiger partial charge in [0.15, 0.2) is 0 Å². The Kier molecular flexibility index (Phi) is 13.2. The number of alkyl halides is 3. The number of halogens is 4. The van der Waals surface area contributed by atoms with E-state index in [2.05, 4.69) is 52.0 Å². The monoisotopic (exact) mass is 594 g/mol. The third-order valence-electron chi connectivity index (χ3n) is 5.70. The molecule has 4 rings (SSSR count). The number of ether oxygens (including phenoxy) is 1. The Morgan fingerprint density at radius 2 is 1.83 bits per heavy atom. The molecule has 0 saturated carbocycles. The van der Waals surface area contributed by atoms with Gasteiger partial charge in [-0.25, -0.2) is 14.8 Å². The number of hydrogen-bond donors (Lipinski definition) is 4. The second-order valence-electron chi connectivity index (χ2n) is 8.46. The third kappa shape index (κ3) is 11.2. The maximum Gasteiger partial charge on any atom is 0.416 e. The molecule has 1 aliphatic heterocycles. The van der Waals surface area contributed by atoms with Crippen LogP contribution in [-0.4, -0.2) is 52.2 Å². The van der Waals surface area contributed by atoms with Gasteiger partial charge in [-0.15, -0.1) is 0 Å². The van der Waals surface area contributed by atoms with Gasteiger partial charge in [-0.3, -0.25) is 0 Å². The van der Waals surface area contributed by atoms with Gasteiger partial charge < -0.3 is 31.1 Å². The van der Waals surface area contributed by atoms with Crippen molar-refractivity contribution in [3.63, 3.8) is 0 Å². The van der Waals surface area contributed by atoms with E-state index in [1.54, 1.807) is 18.2 Å². The highest BCUT2D eigenvalue weighted by Gasteiger charge is 2.30. The molecular weight excluding hydrogens is 561 g/mol. The van der Waals surface area contributed by atoms with Crippen molar-refractivity contribution < 1.29 is 27.8 Å². The van der Waals surface area contributed by atoms with Crippen LogP contribution in [0.4, 0.5) is 35.3 Å². The molecule has 0 radical (unpaired) electrons. The highest BCUT2D eigenvalue weighted by Crippen LogP contribution is 2.36. The summed E-state index contributed by atoms with van der Waals surface area (Å²) in [6.45, 7) is 10.9. The molecule has 222 valence electrons. The molecule has 41 heavy (non-hydrogen) atoms. The second kappa shape index (κ2) is 16.3. The predicted octanol–water partition coefficient (Wildman–Crippen LogP) is 7.48. The van der Waals surface area contributed by atoms with Crippen LogP contribution in [0.5, 0.6) is 11.5 Å². The normalized spacial score (nSPS) is 12.0. The van der Waals surface area contributed by atoms with Gasteiger partial charge in [-0.05, 0) is 62.5 Å². The van der Waals surface area contributed by atoms with Gasteiger partial charge in [-0.1, -0.05) is 50.6 Å². The zero-order chi connectivity index (χ0) is 30.4. The minimum Gasteiger partial charge on any atom is -0.465 e. The Bertz CT molecular complexity index is 1290. The van der Waals surface area contributed by atoms with Crippen molar-refractivity contribution in [1.29, 1.82) is 0 Å². The summed E-state index contributed by atoms with van der Waals surface area (Å²) >= 11 is 6.30. The summed E-state index contributed by atoms with van der Waals surface area (Å²) < 4.78 is 44.2. The number of carbonyl (C=O) groups is 1. The predicted molar refractivity (Wildman–Crippen MR) is 156 cm³/mol. The number of hydrogen-bond acceptors (Lipinski definition) is 7. The maximum absolute atomic E-state index is 12.9. The molecule has 2 heterocycles. The molecular formula is C28H34ClF3N6O3. The molecule has 0 saturated heterocycles. The van der Waals surface area contributed by atoms with Crippen LogP contribution in [0.15, 0.2) is 54.9 Å². The van der Waals surface area contributed by atoms with Crippen molar-refractivity contribution in [1.82, 2.24) is 14.9 Å². The molecule has 0 aliphatic carbocycles. The van der Waals surface area contributed by atoms with Crippen molar-refractivity contribution in [3.8, 4) is 11.5 Å². The molecule has 3 aromatic rings. The van der Waals surface area contributed by atoms with Crippen LogP contribution in [-0.2, 0) is 6.18 Å². The van der Waals surface area contributed by atoms with Gasteiger partial charge in [0, 0.05) is 12.2 Å². The largest absolute Gasteiger partial charge is 0.465 e. The SMILES string of the molecule is CCN(CC)CC.FC(F)(F)c1cccc(Oc2ccc(Nc3ncnc4c3C=CCCN4)cc2Cl)c1.NC(=O)O. The molecule has 0 atom stereocenters. The Hall–Kier alpha value is -4.03. The molecule has 9 nitrogen and oxygen atoms in total. The maximum atomic E-state index is 12.9. The number of carboxylic acid groups (broad SMARTS) is 1. The molecule has 1 amide bonds. The quantitative estimate of drug-likeness (QED) is 0.222. The molecule has 1 aliphatic rings. The minimum atomic E-state index is -4.45. The zero-order valence-corrected chi connectivity index (χ0v) is 23.8. The average Bonchev–Trinajstić information content (AvgIpc) is 3.18. The summed E-state index contributed by atoms with van der Waals surface area (Å²) in [6, 6.07) is 9.54. The molecule has 0 unspecified atom stereocenters. The van der Waals surface area contributed by atoms with Crippen LogP contribution >= 0.6 is 11.6 Å². The van der Waals surface area contributed by atoms with E-state index in [1.165, 1.54) is 38.1 Å². The van der Waals surface area contributed by atoms with Gasteiger partial charge in [-0.2, -0.15) is 13.2 Å². The number of nitrogens with zero attached hydrogens (tertiary/aromatic N) is 3. The second-order valence-corrected chi connectivity index (χ2v) is 8.87. The fourth-order valence-corrected chi connectivity index (χ4v) is 3.82. The Balaban J connectivity index is 0.000000456. The fourth-order valence-electron chi connectivity index (χ4n) is 3.60. The highest BCUT2D eigenvalue weighted by atomic mass is 35.5. The van der Waals surface area contributed by atoms with Gasteiger partial charge in [0.25, 0.3) is 0 Å². The first-order valence-corrected chi connectivity index (χ1v) is 13.2. The van der Waals surface area contributed by atoms with E-state index >= 15 is 0 Å². The minimum absolute atomic E-state index is 0.0461. The summed E-state index contributed by atoms with van der Waals surface area (Å²) in [4.78, 5) is 19.7. The molecule has 5 N–H and O–H groups in total. The number of benzene rings is 2. The van der Waals surface area contributed by atoms with Gasteiger partial charge in [0.05, 0.1) is 16.1 Å². The van der Waals surface area contributed by atoms with Gasteiger partial charge in [0.2, 0.25) is 0 Å². The van der Waals surface area contributed by atoms with E-state index in [4.69, 9.17) is 26.2 Å². The van der Waals surface area contributed by atoms with Crippen molar-refractivity contribution in [3.05, 3.63) is 71.0 Å². The van der Waals surface area contributed by atoms with Crippen molar-refractivity contribution >= 4 is 41.1 Å². The third-order valence-corrected chi connectivity index (χ3v) is 5.99. The summed E-state index contributed by atoms with van der Waals surface area (Å²) in [5.41, 5.74) is 4.71. The van der Waals surface area contributed by atoms with Crippen LogP contribution in [0.25, 0.3) is 6.08 Å². The average molecular weight is 595 g/mol. The lowest BCUT2D eigenvalue weighted by Gasteiger charge is -2.14. The number of amides is 1. The van der Waals surface area contributed by atoms with Gasteiger partial charge >= 0.3 is 12.3 Å². The highest BCUT2D eigenvalue weighted by molar-refractivity contribution is 6.32. The number of aromatic nitrogens is 2. The van der Waals surface area contributed by atoms with Crippen LogP contribution in [0.1, 0.15) is 38.3 Å². The Morgan fingerprint density at radius 3 is 2.41 bits per heavy atom. The van der Waals surface area contributed by atoms with Crippen molar-refractivity contribution in [2.75, 3.05) is 36.8 Å². The summed E-state index contributed by atoms with van der Waals surface area (Å²) in [5, 5.41) is 13.9. The first-order valence-electron chi connectivity index (χ1n) is 12.9. The van der Waals surface area contributed by atoms with Crippen LogP contribution in [0.3, 0.4) is 0 Å². The lowest BCUT2D eigenvalue weighted by atomic mass is 10.2. The number of fused-ring (bicyclic) bond motifs is 1. The topological polar surface area (TPSA) is 126 Å².